The first-order valence-corrected chi connectivity index (χ1v) is 15.3. The molecule has 2 aliphatic carbocycles. The molecule has 1 aromatic rings. The predicted octanol–water partition coefficient (Wildman–Crippen LogP) is 1.88. The number of aliphatic hydroxyl groups is 1. The van der Waals surface area contributed by atoms with E-state index >= 15 is 0 Å². The van der Waals surface area contributed by atoms with Crippen LogP contribution in [0.2, 0.25) is 0 Å². The molecule has 2 saturated heterocycles. The van der Waals surface area contributed by atoms with Crippen molar-refractivity contribution in [3.05, 3.63) is 24.0 Å². The quantitative estimate of drug-likeness (QED) is 0.282. The lowest BCUT2D eigenvalue weighted by Gasteiger charge is -2.38. The van der Waals surface area contributed by atoms with E-state index in [1.165, 1.54) is 23.8 Å². The summed E-state index contributed by atoms with van der Waals surface area (Å²) in [7, 11) is -4.64. The Balaban J connectivity index is 0.000000648. The second kappa shape index (κ2) is 13.1. The van der Waals surface area contributed by atoms with Crippen molar-refractivity contribution in [3.8, 4) is 5.75 Å². The van der Waals surface area contributed by atoms with Crippen molar-refractivity contribution in [3.63, 3.8) is 0 Å². The Bertz CT molecular complexity index is 1030. The lowest BCUT2D eigenvalue weighted by Crippen LogP contribution is -2.50. The minimum Gasteiger partial charge on any atom is -0.488 e. The van der Waals surface area contributed by atoms with E-state index in [0.29, 0.717) is 32.7 Å². The zero-order valence-corrected chi connectivity index (χ0v) is 22.9. The molecule has 0 aromatic heterocycles. The van der Waals surface area contributed by atoms with Crippen molar-refractivity contribution in [2.75, 3.05) is 44.2 Å². The molecule has 11 nitrogen and oxygen atoms in total. The fraction of sp³-hybridized carbons (Fsp3) is 0.692. The van der Waals surface area contributed by atoms with E-state index in [1.807, 2.05) is 0 Å². The van der Waals surface area contributed by atoms with Gasteiger partial charge in [0.1, 0.15) is 11.6 Å². The van der Waals surface area contributed by atoms with Crippen molar-refractivity contribution in [1.29, 1.82) is 0 Å². The fourth-order valence-electron chi connectivity index (χ4n) is 6.17. The van der Waals surface area contributed by atoms with E-state index in [2.05, 4.69) is 9.80 Å². The van der Waals surface area contributed by atoms with E-state index in [4.69, 9.17) is 24.0 Å². The number of fused-ring (bicyclic) bond motifs is 1. The molecular weight excluding hydrogens is 532 g/mol. The number of aliphatic hydroxyl groups excluding tert-OH is 1. The van der Waals surface area contributed by atoms with Crippen LogP contribution in [0.4, 0.5) is 10.1 Å². The molecule has 3 atom stereocenters. The van der Waals surface area contributed by atoms with Gasteiger partial charge in [0.2, 0.25) is 11.8 Å². The maximum Gasteiger partial charge on any atom is 0.466 e. The van der Waals surface area contributed by atoms with Gasteiger partial charge in [-0.3, -0.25) is 19.4 Å². The maximum atomic E-state index is 14.0. The molecule has 3 unspecified atom stereocenters. The van der Waals surface area contributed by atoms with E-state index in [1.54, 1.807) is 12.1 Å². The second-order valence-corrected chi connectivity index (χ2v) is 11.9. The molecule has 2 saturated carbocycles. The highest BCUT2D eigenvalue weighted by atomic mass is 31.2. The highest BCUT2D eigenvalue weighted by Crippen LogP contribution is 2.38. The largest absolute Gasteiger partial charge is 0.488 e. The average molecular weight is 572 g/mol. The standard InChI is InChI=1S/C26H36FN3O4.H3O4P/c27-18-9-10-24(34-20-5-1-2-6-20)23(15-18)29-13-11-28(12-14-29)16-19(31)17-30-25(32)21-7-3-4-8-22(21)26(30)33;1-5(2,3)4/h9-10,15,19-22,31H,1-8,11-14,16-17H2;(H3,1,2,3,4). The first-order valence-electron chi connectivity index (χ1n) is 13.7. The first kappa shape index (κ1) is 29.9. The Hall–Kier alpha value is -2.08. The van der Waals surface area contributed by atoms with Crippen LogP contribution in [0.1, 0.15) is 51.4 Å². The summed E-state index contributed by atoms with van der Waals surface area (Å²) >= 11 is 0. The summed E-state index contributed by atoms with van der Waals surface area (Å²) in [6.45, 7) is 3.31. The van der Waals surface area contributed by atoms with Gasteiger partial charge in [0, 0.05) is 38.8 Å². The van der Waals surface area contributed by atoms with Gasteiger partial charge in [-0.25, -0.2) is 8.96 Å². The number of rotatable bonds is 7. The highest BCUT2D eigenvalue weighted by molar-refractivity contribution is 7.45. The van der Waals surface area contributed by atoms with Gasteiger partial charge in [0.25, 0.3) is 0 Å². The summed E-state index contributed by atoms with van der Waals surface area (Å²) in [5, 5.41) is 10.7. The molecule has 5 rings (SSSR count). The third kappa shape index (κ3) is 8.22. The van der Waals surface area contributed by atoms with Crippen LogP contribution in [0, 0.1) is 17.7 Å². The molecule has 13 heteroatoms. The Labute approximate surface area is 227 Å². The van der Waals surface area contributed by atoms with E-state index < -0.39 is 13.9 Å². The molecule has 2 amide bonds. The minimum atomic E-state index is -4.64. The van der Waals surface area contributed by atoms with Crippen LogP contribution in [0.25, 0.3) is 0 Å². The van der Waals surface area contributed by atoms with E-state index in [-0.39, 0.29) is 42.1 Å². The van der Waals surface area contributed by atoms with Crippen molar-refractivity contribution in [2.45, 2.75) is 63.6 Å². The Kier molecular flexibility index (Phi) is 10.0. The highest BCUT2D eigenvalue weighted by Gasteiger charge is 2.48. The normalized spacial score (nSPS) is 25.4. The summed E-state index contributed by atoms with van der Waals surface area (Å²) < 4.78 is 29.1. The topological polar surface area (TPSA) is 151 Å². The summed E-state index contributed by atoms with van der Waals surface area (Å²) in [6, 6.07) is 4.75. The number of hydrogen-bond donors (Lipinski definition) is 4. The number of benzene rings is 1. The number of hydrogen-bond acceptors (Lipinski definition) is 7. The van der Waals surface area contributed by atoms with Crippen LogP contribution >= 0.6 is 7.82 Å². The summed E-state index contributed by atoms with van der Waals surface area (Å²) in [6.07, 6.45) is 7.47. The monoisotopic (exact) mass is 571 g/mol. The number of β-amino-alcohol motifs (C(OH)–C–C–N with tert-alkyl or cyclic N) is 1. The van der Waals surface area contributed by atoms with Crippen molar-refractivity contribution in [1.82, 2.24) is 9.80 Å². The molecule has 2 aliphatic heterocycles. The molecule has 218 valence electrons. The number of carbonyl (C=O) groups is 2. The number of piperazine rings is 1. The molecule has 2 heterocycles. The molecule has 1 aromatic carbocycles. The van der Waals surface area contributed by atoms with Gasteiger partial charge in [-0.1, -0.05) is 12.8 Å². The van der Waals surface area contributed by atoms with Crippen LogP contribution in [0.15, 0.2) is 18.2 Å². The van der Waals surface area contributed by atoms with Crippen LogP contribution in [0.3, 0.4) is 0 Å². The number of ether oxygens (including phenoxy) is 1. The van der Waals surface area contributed by atoms with E-state index in [9.17, 15) is 19.1 Å². The van der Waals surface area contributed by atoms with Gasteiger partial charge < -0.3 is 29.4 Å². The fourth-order valence-corrected chi connectivity index (χ4v) is 6.17. The number of halogens is 1. The Morgan fingerprint density at radius 2 is 1.44 bits per heavy atom. The summed E-state index contributed by atoms with van der Waals surface area (Å²) in [4.78, 5) is 52.5. The molecule has 4 N–H and O–H groups in total. The lowest BCUT2D eigenvalue weighted by atomic mass is 9.81. The van der Waals surface area contributed by atoms with Crippen molar-refractivity contribution in [2.24, 2.45) is 11.8 Å². The van der Waals surface area contributed by atoms with Crippen LogP contribution < -0.4 is 9.64 Å². The van der Waals surface area contributed by atoms with Crippen LogP contribution in [0.5, 0.6) is 5.75 Å². The van der Waals surface area contributed by atoms with Gasteiger partial charge in [-0.05, 0) is 50.7 Å². The van der Waals surface area contributed by atoms with Gasteiger partial charge in [-0.2, -0.15) is 0 Å². The third-order valence-corrected chi connectivity index (χ3v) is 8.02. The third-order valence-electron chi connectivity index (χ3n) is 8.02. The number of imide groups is 1. The van der Waals surface area contributed by atoms with Gasteiger partial charge in [0.05, 0.1) is 36.3 Å². The first-order chi connectivity index (χ1) is 18.5. The molecule has 39 heavy (non-hydrogen) atoms. The number of nitrogens with zero attached hydrogens (tertiary/aromatic N) is 3. The number of amides is 2. The summed E-state index contributed by atoms with van der Waals surface area (Å²) in [5.74, 6) is -0.0757. The Morgan fingerprint density at radius 1 is 0.897 bits per heavy atom. The van der Waals surface area contributed by atoms with E-state index in [0.717, 1.165) is 50.0 Å². The zero-order valence-electron chi connectivity index (χ0n) is 22.0. The molecule has 0 radical (unpaired) electrons. The van der Waals surface area contributed by atoms with Gasteiger partial charge in [0.15, 0.2) is 0 Å². The molecule has 4 aliphatic rings. The average Bonchev–Trinajstić information content (AvgIpc) is 3.48. The number of anilines is 1. The van der Waals surface area contributed by atoms with Crippen molar-refractivity contribution < 1.29 is 43.1 Å². The number of phosphoric acid groups is 1. The number of likely N-dealkylation sites (tertiary alicyclic amines) is 1. The molecular formula is C26H39FN3O8P. The van der Waals surface area contributed by atoms with Gasteiger partial charge >= 0.3 is 7.82 Å². The molecule has 0 spiro atoms. The molecule has 4 fully saturated rings. The maximum absolute atomic E-state index is 14.0. The van der Waals surface area contributed by atoms with Crippen LogP contribution in [-0.4, -0.2) is 92.9 Å². The van der Waals surface area contributed by atoms with Crippen molar-refractivity contribution >= 4 is 25.3 Å². The molecule has 0 bridgehead atoms. The smallest absolute Gasteiger partial charge is 0.466 e. The number of carbonyl (C=O) groups excluding carboxylic acids is 2. The zero-order chi connectivity index (χ0) is 28.2. The minimum absolute atomic E-state index is 0.0775. The SMILES string of the molecule is O=C1C2CCCCC2C(=O)N1CC(O)CN1CCN(c2cc(F)ccc2OC2CCCC2)CC1.O=P(O)(O)O. The Morgan fingerprint density at radius 3 is 2.00 bits per heavy atom. The van der Waals surface area contributed by atoms with Gasteiger partial charge in [-0.15, -0.1) is 0 Å². The lowest BCUT2D eigenvalue weighted by molar-refractivity contribution is -0.141. The van der Waals surface area contributed by atoms with Crippen LogP contribution in [-0.2, 0) is 14.2 Å². The second-order valence-electron chi connectivity index (χ2n) is 10.9. The predicted molar refractivity (Wildman–Crippen MR) is 140 cm³/mol. The summed E-state index contributed by atoms with van der Waals surface area (Å²) in [5.41, 5.74) is 0.794.